The molecule has 2 aromatic rings. The Morgan fingerprint density at radius 3 is 2.00 bits per heavy atom. The third-order valence-corrected chi connectivity index (χ3v) is 6.69. The first kappa shape index (κ1) is 27.6. The van der Waals surface area contributed by atoms with Crippen molar-refractivity contribution in [1.29, 1.82) is 0 Å². The lowest BCUT2D eigenvalue weighted by Crippen LogP contribution is -2.19. The van der Waals surface area contributed by atoms with Gasteiger partial charge in [0.05, 0.1) is 13.2 Å². The van der Waals surface area contributed by atoms with Gasteiger partial charge in [-0.1, -0.05) is 122 Å². The molecule has 0 radical (unpaired) electrons. The Bertz CT molecular complexity index is 1050. The van der Waals surface area contributed by atoms with Crippen molar-refractivity contribution in [3.63, 3.8) is 0 Å². The highest BCUT2D eigenvalue weighted by Crippen LogP contribution is 2.40. The normalized spacial score (nSPS) is 17.1. The number of hydrogen-bond donors (Lipinski definition) is 0. The van der Waals surface area contributed by atoms with E-state index < -0.39 is 6.29 Å². The second-order valence-corrected chi connectivity index (χ2v) is 10.4. The first-order valence-electron chi connectivity index (χ1n) is 13.1. The van der Waals surface area contributed by atoms with Crippen molar-refractivity contribution >= 4 is 0 Å². The fourth-order valence-electron chi connectivity index (χ4n) is 4.55. The van der Waals surface area contributed by atoms with Gasteiger partial charge in [0.2, 0.25) is 0 Å². The summed E-state index contributed by atoms with van der Waals surface area (Å²) in [5.74, 6) is 0. The maximum Gasteiger partial charge on any atom is 0.178 e. The van der Waals surface area contributed by atoms with Crippen LogP contribution in [0.15, 0.2) is 119 Å². The van der Waals surface area contributed by atoms with Gasteiger partial charge in [0.15, 0.2) is 6.29 Å². The number of ether oxygens (including phenoxy) is 2. The van der Waals surface area contributed by atoms with Gasteiger partial charge in [-0.25, -0.2) is 0 Å². The van der Waals surface area contributed by atoms with E-state index in [0.717, 1.165) is 16.7 Å². The van der Waals surface area contributed by atoms with Crippen LogP contribution in [0.1, 0.15) is 65.0 Å². The van der Waals surface area contributed by atoms with E-state index in [9.17, 15) is 0 Å². The minimum Gasteiger partial charge on any atom is -0.344 e. The third-order valence-electron chi connectivity index (χ3n) is 6.69. The zero-order chi connectivity index (χ0) is 25.8. The predicted octanol–water partition coefficient (Wildman–Crippen LogP) is 9.28. The van der Waals surface area contributed by atoms with Crippen LogP contribution in [0.2, 0.25) is 0 Å². The summed E-state index contributed by atoms with van der Waals surface area (Å²) in [5.41, 5.74) is 7.88. The van der Waals surface area contributed by atoms with Crippen LogP contribution in [0, 0.1) is 5.41 Å². The Labute approximate surface area is 218 Å². The first-order chi connectivity index (χ1) is 17.3. The molecule has 1 aliphatic rings. The van der Waals surface area contributed by atoms with Crippen molar-refractivity contribution in [1.82, 2.24) is 0 Å². The molecule has 2 nitrogen and oxygen atoms in total. The average molecular weight is 483 g/mol. The van der Waals surface area contributed by atoms with E-state index in [1.807, 2.05) is 42.5 Å². The third kappa shape index (κ3) is 9.26. The molecule has 0 aromatic heterocycles. The second-order valence-electron chi connectivity index (χ2n) is 10.4. The van der Waals surface area contributed by atoms with Gasteiger partial charge < -0.3 is 9.47 Å². The Kier molecular flexibility index (Phi) is 10.7. The topological polar surface area (TPSA) is 18.5 Å². The second kappa shape index (κ2) is 14.0. The minimum absolute atomic E-state index is 0.267. The Balaban J connectivity index is 1.63. The molecular formula is C34H42O2. The molecule has 190 valence electrons. The summed E-state index contributed by atoms with van der Waals surface area (Å²) in [6.45, 7) is 12.2. The standard InChI is InChI=1S/C34H42O2/c1-27(21-22-32-29(3)16-13-23-34(32,4)5)14-12-15-28(2)24-33(35-25-30-17-8-6-9-18-30)36-26-31-19-10-7-11-20-31/h6-12,14-15,17-22,24,33H,13,16,23,25-26H2,1-5H3. The van der Waals surface area contributed by atoms with Crippen LogP contribution in [-0.4, -0.2) is 6.29 Å². The molecule has 0 aliphatic heterocycles. The summed E-state index contributed by atoms with van der Waals surface area (Å²) >= 11 is 0. The Morgan fingerprint density at radius 2 is 1.44 bits per heavy atom. The van der Waals surface area contributed by atoms with Crippen LogP contribution in [0.3, 0.4) is 0 Å². The number of allylic oxidation sites excluding steroid dienone is 9. The Morgan fingerprint density at radius 1 is 0.861 bits per heavy atom. The quantitative estimate of drug-likeness (QED) is 0.235. The highest BCUT2D eigenvalue weighted by atomic mass is 16.7. The number of hydrogen-bond acceptors (Lipinski definition) is 2. The van der Waals surface area contributed by atoms with Gasteiger partial charge in [0.1, 0.15) is 0 Å². The SMILES string of the molecule is CC(C=CC1=C(C)CCCC1(C)C)=CC=CC(C)=CC(OCc1ccccc1)OCc1ccccc1. The largest absolute Gasteiger partial charge is 0.344 e. The molecule has 0 saturated carbocycles. The summed E-state index contributed by atoms with van der Waals surface area (Å²) in [6, 6.07) is 20.4. The molecule has 2 aromatic carbocycles. The Hall–Kier alpha value is -2.94. The highest BCUT2D eigenvalue weighted by molar-refractivity contribution is 5.37. The molecule has 0 N–H and O–H groups in total. The number of rotatable bonds is 11. The predicted molar refractivity (Wildman–Crippen MR) is 152 cm³/mol. The van der Waals surface area contributed by atoms with Gasteiger partial charge in [-0.3, -0.25) is 0 Å². The first-order valence-corrected chi connectivity index (χ1v) is 13.1. The maximum absolute atomic E-state index is 6.12. The van der Waals surface area contributed by atoms with Crippen LogP contribution < -0.4 is 0 Å². The zero-order valence-corrected chi connectivity index (χ0v) is 22.7. The van der Waals surface area contributed by atoms with Gasteiger partial charge in [0, 0.05) is 0 Å². The fourth-order valence-corrected chi connectivity index (χ4v) is 4.55. The van der Waals surface area contributed by atoms with Crippen molar-refractivity contribution in [3.05, 3.63) is 131 Å². The van der Waals surface area contributed by atoms with E-state index in [2.05, 4.69) is 89.3 Å². The van der Waals surface area contributed by atoms with Crippen LogP contribution in [0.4, 0.5) is 0 Å². The lowest BCUT2D eigenvalue weighted by Gasteiger charge is -2.32. The molecule has 0 bridgehead atoms. The van der Waals surface area contributed by atoms with Crippen LogP contribution >= 0.6 is 0 Å². The van der Waals surface area contributed by atoms with Crippen molar-refractivity contribution in [3.8, 4) is 0 Å². The van der Waals surface area contributed by atoms with Crippen molar-refractivity contribution in [2.75, 3.05) is 0 Å². The lowest BCUT2D eigenvalue weighted by atomic mass is 9.72. The van der Waals surface area contributed by atoms with E-state index in [0.29, 0.717) is 13.2 Å². The molecule has 0 amide bonds. The molecule has 0 unspecified atom stereocenters. The summed E-state index contributed by atoms with van der Waals surface area (Å²) < 4.78 is 12.2. The van der Waals surface area contributed by atoms with Crippen LogP contribution in [0.5, 0.6) is 0 Å². The molecule has 1 aliphatic carbocycles. The van der Waals surface area contributed by atoms with E-state index in [1.165, 1.54) is 36.0 Å². The van der Waals surface area contributed by atoms with Gasteiger partial charge in [-0.15, -0.1) is 0 Å². The van der Waals surface area contributed by atoms with Crippen molar-refractivity contribution in [2.45, 2.75) is 73.4 Å². The van der Waals surface area contributed by atoms with E-state index in [1.54, 1.807) is 0 Å². The summed E-state index contributed by atoms with van der Waals surface area (Å²) in [5, 5.41) is 0. The van der Waals surface area contributed by atoms with Gasteiger partial charge in [-0.05, 0) is 68.2 Å². The van der Waals surface area contributed by atoms with Crippen molar-refractivity contribution < 1.29 is 9.47 Å². The van der Waals surface area contributed by atoms with Crippen LogP contribution in [0.25, 0.3) is 0 Å². The van der Waals surface area contributed by atoms with Gasteiger partial charge in [-0.2, -0.15) is 0 Å². The molecule has 2 heteroatoms. The summed E-state index contributed by atoms with van der Waals surface area (Å²) in [7, 11) is 0. The molecule has 0 spiro atoms. The van der Waals surface area contributed by atoms with Gasteiger partial charge in [0.25, 0.3) is 0 Å². The average Bonchev–Trinajstić information content (AvgIpc) is 2.86. The highest BCUT2D eigenvalue weighted by Gasteiger charge is 2.26. The molecule has 0 saturated heterocycles. The molecule has 0 atom stereocenters. The maximum atomic E-state index is 6.12. The molecule has 0 heterocycles. The summed E-state index contributed by atoms with van der Waals surface area (Å²) in [4.78, 5) is 0. The number of benzene rings is 2. The lowest BCUT2D eigenvalue weighted by molar-refractivity contribution is -0.126. The van der Waals surface area contributed by atoms with Crippen molar-refractivity contribution in [2.24, 2.45) is 5.41 Å². The van der Waals surface area contributed by atoms with Crippen LogP contribution in [-0.2, 0) is 22.7 Å². The molecule has 0 fully saturated rings. The minimum atomic E-state index is -0.427. The van der Waals surface area contributed by atoms with Gasteiger partial charge >= 0.3 is 0 Å². The monoisotopic (exact) mass is 482 g/mol. The smallest absolute Gasteiger partial charge is 0.178 e. The molecular weight excluding hydrogens is 440 g/mol. The zero-order valence-electron chi connectivity index (χ0n) is 22.7. The van der Waals surface area contributed by atoms with E-state index >= 15 is 0 Å². The molecule has 36 heavy (non-hydrogen) atoms. The fraction of sp³-hybridized carbons (Fsp3) is 0.353. The van der Waals surface area contributed by atoms with E-state index in [-0.39, 0.29) is 5.41 Å². The molecule has 3 rings (SSSR count). The van der Waals surface area contributed by atoms with E-state index in [4.69, 9.17) is 9.47 Å². The summed E-state index contributed by atoms with van der Waals surface area (Å²) in [6.07, 6.45) is 16.3.